The van der Waals surface area contributed by atoms with Crippen LogP contribution in [0.25, 0.3) is 5.43 Å². The number of rotatable bonds is 3. The number of hydrogen-bond acceptors (Lipinski definition) is 4. The molecular formula is C7H4K2N2O4. The molecule has 15 heavy (non-hydrogen) atoms. The summed E-state index contributed by atoms with van der Waals surface area (Å²) in [6.07, 6.45) is 0. The predicted molar refractivity (Wildman–Crippen MR) is 40.8 cm³/mol. The third-order valence-electron chi connectivity index (χ3n) is 1.28. The van der Waals surface area contributed by atoms with E-state index in [1.165, 1.54) is 18.2 Å². The van der Waals surface area contributed by atoms with Gasteiger partial charge >= 0.3 is 103 Å². The Hall–Kier alpha value is 1.16. The third-order valence-corrected chi connectivity index (χ3v) is 1.28. The Morgan fingerprint density at radius 2 is 1.93 bits per heavy atom. The average molecular weight is 258 g/mol. The zero-order valence-corrected chi connectivity index (χ0v) is 14.6. The first kappa shape index (κ1) is 18.5. The fourth-order valence-electron chi connectivity index (χ4n) is 0.789. The second-order valence-corrected chi connectivity index (χ2v) is 2.18. The fraction of sp³-hybridized carbons (Fsp3) is 0. The van der Waals surface area contributed by atoms with Crippen LogP contribution >= 0.6 is 0 Å². The Kier molecular flexibility index (Phi) is 11.4. The summed E-state index contributed by atoms with van der Waals surface area (Å²) in [6.45, 7) is 0. The fourth-order valence-corrected chi connectivity index (χ4v) is 0.789. The quantitative estimate of drug-likeness (QED) is 0.306. The van der Waals surface area contributed by atoms with Crippen LogP contribution in [0.4, 0.5) is 5.69 Å². The number of aromatic carboxylic acids is 1. The molecule has 68 valence electrons. The van der Waals surface area contributed by atoms with Crippen LogP contribution in [0, 0.1) is 10.1 Å². The molecule has 0 N–H and O–H groups in total. The minimum absolute atomic E-state index is 0. The molecule has 0 saturated heterocycles. The van der Waals surface area contributed by atoms with Crippen molar-refractivity contribution in [2.45, 2.75) is 0 Å². The van der Waals surface area contributed by atoms with Crippen molar-refractivity contribution < 1.29 is 118 Å². The summed E-state index contributed by atoms with van der Waals surface area (Å²) in [7, 11) is 0. The molecule has 1 rings (SSSR count). The molecule has 0 radical (unpaired) electrons. The van der Waals surface area contributed by atoms with Gasteiger partial charge in [-0.15, -0.1) is 0 Å². The van der Waals surface area contributed by atoms with Crippen molar-refractivity contribution in [1.82, 2.24) is 0 Å². The summed E-state index contributed by atoms with van der Waals surface area (Å²) in [5, 5.41) is 19.3. The molecule has 0 amide bonds. The van der Waals surface area contributed by atoms with Gasteiger partial charge in [-0.05, 0) is 10.6 Å². The summed E-state index contributed by atoms with van der Waals surface area (Å²) in [4.78, 5) is 20.2. The monoisotopic (exact) mass is 258 g/mol. The van der Waals surface area contributed by atoms with Crippen molar-refractivity contribution in [3.63, 3.8) is 0 Å². The molecule has 0 aliphatic heterocycles. The summed E-state index contributed by atoms with van der Waals surface area (Å²) in [6, 6.07) is 5.02. The average Bonchev–Trinajstić information content (AvgIpc) is 2.03. The second-order valence-electron chi connectivity index (χ2n) is 2.18. The van der Waals surface area contributed by atoms with E-state index < -0.39 is 11.0 Å². The molecule has 0 aromatic heterocycles. The van der Waals surface area contributed by atoms with Gasteiger partial charge in [0, 0.05) is 0 Å². The van der Waals surface area contributed by atoms with E-state index >= 15 is 0 Å². The number of hydrogen-bond donors (Lipinski definition) is 0. The molecular weight excluding hydrogens is 254 g/mol. The first-order valence-corrected chi connectivity index (χ1v) is 3.27. The van der Waals surface area contributed by atoms with Gasteiger partial charge in [-0.25, -0.2) is 0 Å². The number of nitro groups is 1. The molecule has 0 atom stereocenters. The van der Waals surface area contributed by atoms with Gasteiger partial charge in [0.2, 0.25) is 0 Å². The molecule has 1 aromatic rings. The zero-order chi connectivity index (χ0) is 9.84. The zero-order valence-electron chi connectivity index (χ0n) is 8.34. The van der Waals surface area contributed by atoms with Gasteiger partial charge in [-0.1, -0.05) is 30.0 Å². The number of carboxylic acids is 1. The van der Waals surface area contributed by atoms with Gasteiger partial charge in [0.05, 0.1) is 5.97 Å². The van der Waals surface area contributed by atoms with Crippen LogP contribution in [0.15, 0.2) is 24.3 Å². The van der Waals surface area contributed by atoms with E-state index in [-0.39, 0.29) is 114 Å². The topological polar surface area (TPSA) is 97.4 Å². The Balaban J connectivity index is 0. The minimum Gasteiger partial charge on any atom is -0.545 e. The Morgan fingerprint density at radius 1 is 1.33 bits per heavy atom. The van der Waals surface area contributed by atoms with Gasteiger partial charge in [0.1, 0.15) is 0 Å². The molecule has 0 aliphatic carbocycles. The molecule has 0 aliphatic rings. The second kappa shape index (κ2) is 9.22. The molecule has 0 bridgehead atoms. The first-order chi connectivity index (χ1) is 6.09. The molecule has 8 heteroatoms. The van der Waals surface area contributed by atoms with Crippen molar-refractivity contribution in [3.8, 4) is 0 Å². The number of nitrogens with zero attached hydrogens (tertiary/aromatic N) is 2. The molecule has 0 heterocycles. The maximum atomic E-state index is 10.3. The van der Waals surface area contributed by atoms with Gasteiger partial charge < -0.3 is 15.3 Å². The van der Waals surface area contributed by atoms with Gasteiger partial charge in [-0.3, -0.25) is 10.1 Å². The molecule has 0 spiro atoms. The van der Waals surface area contributed by atoms with Crippen LogP contribution in [0.1, 0.15) is 10.4 Å². The summed E-state index contributed by atoms with van der Waals surface area (Å²) >= 11 is 0. The maximum absolute atomic E-state index is 10.3. The SMILES string of the molecule is O=C([O-])c1cccc([N-][N+](=O)[O-])c1.[K+].[K+]. The van der Waals surface area contributed by atoms with Crippen molar-refractivity contribution in [1.29, 1.82) is 0 Å². The van der Waals surface area contributed by atoms with Crippen molar-refractivity contribution in [2.24, 2.45) is 0 Å². The van der Waals surface area contributed by atoms with Crippen LogP contribution in [0.2, 0.25) is 0 Å². The summed E-state index contributed by atoms with van der Waals surface area (Å²) in [5.74, 6) is -1.39. The number of carboxylic acid groups (broad SMARTS) is 1. The van der Waals surface area contributed by atoms with Gasteiger partial charge in [0.25, 0.3) is 0 Å². The molecule has 1 aromatic carbocycles. The van der Waals surface area contributed by atoms with E-state index in [0.717, 1.165) is 6.07 Å². The molecule has 0 saturated carbocycles. The van der Waals surface area contributed by atoms with Crippen LogP contribution in [0.3, 0.4) is 0 Å². The molecule has 6 nitrogen and oxygen atoms in total. The van der Waals surface area contributed by atoms with Crippen molar-refractivity contribution in [3.05, 3.63) is 45.4 Å². The molecule has 0 fully saturated rings. The van der Waals surface area contributed by atoms with E-state index in [4.69, 9.17) is 0 Å². The third kappa shape index (κ3) is 7.15. The van der Waals surface area contributed by atoms with Gasteiger partial charge in [0.15, 0.2) is 0 Å². The van der Waals surface area contributed by atoms with Crippen LogP contribution in [-0.4, -0.2) is 11.0 Å². The van der Waals surface area contributed by atoms with E-state index in [1.807, 2.05) is 0 Å². The number of carbonyl (C=O) groups excluding carboxylic acids is 1. The van der Waals surface area contributed by atoms with E-state index in [2.05, 4.69) is 5.43 Å². The van der Waals surface area contributed by atoms with E-state index in [9.17, 15) is 20.0 Å². The summed E-state index contributed by atoms with van der Waals surface area (Å²) < 4.78 is 0. The van der Waals surface area contributed by atoms with Crippen molar-refractivity contribution >= 4 is 11.7 Å². The normalized spacial score (nSPS) is 8.00. The number of carbonyl (C=O) groups is 1. The Morgan fingerprint density at radius 3 is 2.40 bits per heavy atom. The van der Waals surface area contributed by atoms with Crippen LogP contribution in [-0.2, 0) is 0 Å². The Bertz CT molecular complexity index is 359. The van der Waals surface area contributed by atoms with Gasteiger partial charge in [-0.2, -0.15) is 0 Å². The van der Waals surface area contributed by atoms with E-state index in [1.54, 1.807) is 0 Å². The van der Waals surface area contributed by atoms with Crippen LogP contribution < -0.4 is 108 Å². The largest absolute Gasteiger partial charge is 1.00 e. The maximum Gasteiger partial charge on any atom is 1.00 e. The molecule has 0 unspecified atom stereocenters. The minimum atomic E-state index is -1.39. The Labute approximate surface area is 171 Å². The smallest absolute Gasteiger partial charge is 0.545 e. The number of benzene rings is 1. The van der Waals surface area contributed by atoms with Crippen molar-refractivity contribution in [2.75, 3.05) is 0 Å². The summed E-state index contributed by atoms with van der Waals surface area (Å²) in [5.41, 5.74) is 2.78. The standard InChI is InChI=1S/C7H5N2O4.2K/c10-7(11)5-2-1-3-6(4-5)8-9(12)13;;/h1-4H,(H,10,11);;/q-1;2*+1/p-1. The van der Waals surface area contributed by atoms with E-state index in [0.29, 0.717) is 0 Å². The first-order valence-electron chi connectivity index (χ1n) is 3.27. The predicted octanol–water partition coefficient (Wildman–Crippen LogP) is -5.74. The van der Waals surface area contributed by atoms with Crippen LogP contribution in [0.5, 0.6) is 0 Å².